The molecule has 7 nitrogen and oxygen atoms in total. The van der Waals surface area contributed by atoms with Gasteiger partial charge in [0.05, 0.1) is 9.82 Å². The van der Waals surface area contributed by atoms with Gasteiger partial charge in [-0.2, -0.15) is 0 Å². The molecule has 3 aromatic rings. The molecule has 0 saturated carbocycles. The summed E-state index contributed by atoms with van der Waals surface area (Å²) in [4.78, 5) is 12.8. The van der Waals surface area contributed by atoms with E-state index >= 15 is 0 Å². The molecular formula is C27H31N3O4S. The Bertz CT molecular complexity index is 1210. The van der Waals surface area contributed by atoms with Crippen LogP contribution in [-0.2, 0) is 16.4 Å². The highest BCUT2D eigenvalue weighted by Crippen LogP contribution is 2.25. The second-order valence-corrected chi connectivity index (χ2v) is 10.8. The molecule has 184 valence electrons. The van der Waals surface area contributed by atoms with Crippen molar-refractivity contribution in [1.29, 1.82) is 0 Å². The number of sulfonamides is 1. The van der Waals surface area contributed by atoms with Gasteiger partial charge in [0.2, 0.25) is 10.0 Å². The first kappa shape index (κ1) is 25.0. The van der Waals surface area contributed by atoms with Crippen LogP contribution in [0, 0.1) is 16.0 Å². The molecular weight excluding hydrogens is 462 g/mol. The molecule has 1 saturated heterocycles. The third-order valence-corrected chi connectivity index (χ3v) is 8.12. The van der Waals surface area contributed by atoms with Gasteiger partial charge >= 0.3 is 0 Å². The number of nitrogens with zero attached hydrogens (tertiary/aromatic N) is 2. The van der Waals surface area contributed by atoms with Crippen molar-refractivity contribution in [2.24, 2.45) is 5.92 Å². The molecule has 0 amide bonds. The molecule has 1 fully saturated rings. The minimum absolute atomic E-state index is 0.102. The molecule has 3 aromatic carbocycles. The fourth-order valence-corrected chi connectivity index (χ4v) is 5.97. The molecule has 0 aromatic heterocycles. The predicted octanol–water partition coefficient (Wildman–Crippen LogP) is 4.96. The number of benzene rings is 3. The van der Waals surface area contributed by atoms with E-state index in [0.29, 0.717) is 12.3 Å². The van der Waals surface area contributed by atoms with E-state index in [1.165, 1.54) is 23.8 Å². The fraction of sp³-hybridized carbons (Fsp3) is 0.333. The molecule has 0 radical (unpaired) electrons. The van der Waals surface area contributed by atoms with Gasteiger partial charge in [0.1, 0.15) is 0 Å². The second-order valence-electron chi connectivity index (χ2n) is 9.10. The Labute approximate surface area is 207 Å². The van der Waals surface area contributed by atoms with Gasteiger partial charge in [-0.15, -0.1) is 0 Å². The van der Waals surface area contributed by atoms with Crippen LogP contribution < -0.4 is 4.72 Å². The average molecular weight is 494 g/mol. The molecule has 1 N–H and O–H groups in total. The molecule has 1 aliphatic heterocycles. The number of nitro benzene ring substituents is 1. The summed E-state index contributed by atoms with van der Waals surface area (Å²) in [5.74, 6) is 0.672. The lowest BCUT2D eigenvalue weighted by atomic mass is 9.90. The van der Waals surface area contributed by atoms with Crippen molar-refractivity contribution in [3.63, 3.8) is 0 Å². The molecule has 4 rings (SSSR count). The number of nitrogens with one attached hydrogen (secondary N) is 1. The quantitative estimate of drug-likeness (QED) is 0.318. The zero-order valence-electron chi connectivity index (χ0n) is 19.6. The molecule has 1 aliphatic rings. The van der Waals surface area contributed by atoms with E-state index in [1.54, 1.807) is 0 Å². The SMILES string of the molecule is O=[N+]([O-])c1cccc(S(=O)(=O)NC(CCN2CCC(Cc3ccccc3)CC2)c2ccccc2)c1. The summed E-state index contributed by atoms with van der Waals surface area (Å²) in [5, 5.41) is 11.1. The Balaban J connectivity index is 1.39. The van der Waals surface area contributed by atoms with Crippen LogP contribution in [0.15, 0.2) is 89.8 Å². The molecule has 0 bridgehead atoms. The van der Waals surface area contributed by atoms with Gasteiger partial charge in [-0.3, -0.25) is 10.1 Å². The minimum atomic E-state index is -3.93. The first-order valence-electron chi connectivity index (χ1n) is 12.0. The largest absolute Gasteiger partial charge is 0.303 e. The smallest absolute Gasteiger partial charge is 0.270 e. The molecule has 0 spiro atoms. The van der Waals surface area contributed by atoms with Gasteiger partial charge in [-0.05, 0) is 68.4 Å². The van der Waals surface area contributed by atoms with Crippen LogP contribution in [0.25, 0.3) is 0 Å². The van der Waals surface area contributed by atoms with E-state index in [2.05, 4.69) is 33.9 Å². The summed E-state index contributed by atoms with van der Waals surface area (Å²) in [6.45, 7) is 2.77. The lowest BCUT2D eigenvalue weighted by molar-refractivity contribution is -0.385. The summed E-state index contributed by atoms with van der Waals surface area (Å²) in [6.07, 6.45) is 3.97. The maximum absolute atomic E-state index is 13.1. The van der Waals surface area contributed by atoms with E-state index in [9.17, 15) is 18.5 Å². The number of non-ortho nitro benzene ring substituents is 1. The first-order chi connectivity index (χ1) is 16.9. The van der Waals surface area contributed by atoms with Crippen molar-refractivity contribution in [3.8, 4) is 0 Å². The third-order valence-electron chi connectivity index (χ3n) is 6.65. The van der Waals surface area contributed by atoms with E-state index in [4.69, 9.17) is 0 Å². The van der Waals surface area contributed by atoms with Gasteiger partial charge in [-0.25, -0.2) is 13.1 Å². The molecule has 1 unspecified atom stereocenters. The van der Waals surface area contributed by atoms with Gasteiger partial charge < -0.3 is 4.90 Å². The van der Waals surface area contributed by atoms with Gasteiger partial charge in [0.15, 0.2) is 0 Å². The Kier molecular flexibility index (Phi) is 8.28. The first-order valence-corrected chi connectivity index (χ1v) is 13.5. The summed E-state index contributed by atoms with van der Waals surface area (Å²) >= 11 is 0. The summed E-state index contributed by atoms with van der Waals surface area (Å²) in [6, 6.07) is 24.8. The van der Waals surface area contributed by atoms with Crippen LogP contribution in [0.3, 0.4) is 0 Å². The van der Waals surface area contributed by atoms with Crippen LogP contribution in [0.2, 0.25) is 0 Å². The number of rotatable bonds is 10. The Morgan fingerprint density at radius 2 is 1.60 bits per heavy atom. The highest BCUT2D eigenvalue weighted by Gasteiger charge is 2.25. The lowest BCUT2D eigenvalue weighted by Gasteiger charge is -2.33. The minimum Gasteiger partial charge on any atom is -0.303 e. The number of likely N-dealkylation sites (tertiary alicyclic amines) is 1. The van der Waals surface area contributed by atoms with E-state index < -0.39 is 21.0 Å². The van der Waals surface area contributed by atoms with Gasteiger partial charge in [0, 0.05) is 18.2 Å². The van der Waals surface area contributed by atoms with Crippen LogP contribution in [0.5, 0.6) is 0 Å². The van der Waals surface area contributed by atoms with Crippen molar-refractivity contribution >= 4 is 15.7 Å². The van der Waals surface area contributed by atoms with Crippen molar-refractivity contribution in [2.75, 3.05) is 19.6 Å². The molecule has 1 atom stereocenters. The number of hydrogen-bond acceptors (Lipinski definition) is 5. The monoisotopic (exact) mass is 493 g/mol. The van der Waals surface area contributed by atoms with Crippen LogP contribution >= 0.6 is 0 Å². The highest BCUT2D eigenvalue weighted by atomic mass is 32.2. The molecule has 0 aliphatic carbocycles. The standard InChI is InChI=1S/C27H31N3O4S/c31-30(32)25-12-7-13-26(21-25)35(33,34)28-27(24-10-5-2-6-11-24)16-19-29-17-14-23(15-18-29)20-22-8-3-1-4-9-22/h1-13,21,23,27-28H,14-20H2. The highest BCUT2D eigenvalue weighted by molar-refractivity contribution is 7.89. The summed E-state index contributed by atoms with van der Waals surface area (Å²) in [7, 11) is -3.93. The Morgan fingerprint density at radius 3 is 2.26 bits per heavy atom. The fourth-order valence-electron chi connectivity index (χ4n) is 4.67. The topological polar surface area (TPSA) is 92.5 Å². The van der Waals surface area contributed by atoms with Crippen molar-refractivity contribution in [1.82, 2.24) is 9.62 Å². The van der Waals surface area contributed by atoms with Crippen molar-refractivity contribution in [3.05, 3.63) is 106 Å². The van der Waals surface area contributed by atoms with Crippen LogP contribution in [0.1, 0.15) is 36.4 Å². The maximum atomic E-state index is 13.1. The van der Waals surface area contributed by atoms with E-state index in [1.807, 2.05) is 36.4 Å². The summed E-state index contributed by atoms with van der Waals surface area (Å²) < 4.78 is 29.0. The van der Waals surface area contributed by atoms with E-state index in [0.717, 1.165) is 50.5 Å². The Morgan fingerprint density at radius 1 is 0.943 bits per heavy atom. The normalized spacial score (nSPS) is 16.1. The number of piperidine rings is 1. The van der Waals surface area contributed by atoms with Gasteiger partial charge in [0.25, 0.3) is 5.69 Å². The molecule has 35 heavy (non-hydrogen) atoms. The van der Waals surface area contributed by atoms with Crippen LogP contribution in [-0.4, -0.2) is 37.9 Å². The Hall–Kier alpha value is -3.07. The van der Waals surface area contributed by atoms with Crippen molar-refractivity contribution < 1.29 is 13.3 Å². The maximum Gasteiger partial charge on any atom is 0.270 e. The zero-order chi connectivity index (χ0) is 24.7. The lowest BCUT2D eigenvalue weighted by Crippen LogP contribution is -2.37. The third kappa shape index (κ3) is 6.97. The van der Waals surface area contributed by atoms with Crippen LogP contribution in [0.4, 0.5) is 5.69 Å². The number of hydrogen-bond donors (Lipinski definition) is 1. The molecule has 8 heteroatoms. The summed E-state index contributed by atoms with van der Waals surface area (Å²) in [5.41, 5.74) is 2.01. The average Bonchev–Trinajstić information content (AvgIpc) is 2.88. The van der Waals surface area contributed by atoms with Gasteiger partial charge in [-0.1, -0.05) is 66.7 Å². The van der Waals surface area contributed by atoms with E-state index in [-0.39, 0.29) is 10.6 Å². The second kappa shape index (κ2) is 11.6. The zero-order valence-corrected chi connectivity index (χ0v) is 20.4. The van der Waals surface area contributed by atoms with Crippen molar-refractivity contribution in [2.45, 2.75) is 36.6 Å². The number of nitro groups is 1. The molecule has 1 heterocycles. The predicted molar refractivity (Wildman–Crippen MR) is 137 cm³/mol.